The molecule has 0 spiro atoms. The first-order valence-corrected chi connectivity index (χ1v) is 10.9. The molecule has 4 nitrogen and oxygen atoms in total. The highest BCUT2D eigenvalue weighted by Crippen LogP contribution is 2.31. The summed E-state index contributed by atoms with van der Waals surface area (Å²) in [4.78, 5) is 0. The molecule has 1 aliphatic rings. The van der Waals surface area contributed by atoms with Crippen molar-refractivity contribution in [2.24, 2.45) is 0 Å². The second-order valence-corrected chi connectivity index (χ2v) is 9.47. The van der Waals surface area contributed by atoms with E-state index in [1.165, 1.54) is 31.2 Å². The van der Waals surface area contributed by atoms with Crippen LogP contribution in [-0.2, 0) is 16.3 Å². The minimum Gasteiger partial charge on any atom is -0.306 e. The Morgan fingerprint density at radius 2 is 1.97 bits per heavy atom. The summed E-state index contributed by atoms with van der Waals surface area (Å²) < 4.78 is 79.4. The summed E-state index contributed by atoms with van der Waals surface area (Å²) in [6, 6.07) is 6.30. The Kier molecular flexibility index (Phi) is 7.55. The van der Waals surface area contributed by atoms with Crippen molar-refractivity contribution in [2.45, 2.75) is 38.3 Å². The van der Waals surface area contributed by atoms with Gasteiger partial charge in [0, 0.05) is 17.4 Å². The van der Waals surface area contributed by atoms with E-state index in [0.717, 1.165) is 0 Å². The lowest BCUT2D eigenvalue weighted by molar-refractivity contribution is -0.000626. The Morgan fingerprint density at radius 1 is 1.27 bits per heavy atom. The van der Waals surface area contributed by atoms with E-state index in [9.17, 15) is 17.4 Å². The number of aryl methyl sites for hydroxylation is 1. The SMILES string of the molecule is CCS(=N)(=O)N[C@@H]1[C@H](Cc2cccc(-c3cc(C)cc(F)c3)c2F)NCC1(F)F.Cl. The van der Waals surface area contributed by atoms with Crippen molar-refractivity contribution in [1.29, 1.82) is 4.78 Å². The van der Waals surface area contributed by atoms with E-state index in [1.54, 1.807) is 19.1 Å². The fourth-order valence-electron chi connectivity index (χ4n) is 3.53. The van der Waals surface area contributed by atoms with Crippen molar-refractivity contribution in [2.75, 3.05) is 12.3 Å². The molecular formula is C20H24ClF4N3OS. The van der Waals surface area contributed by atoms with Crippen LogP contribution in [0.25, 0.3) is 11.1 Å². The molecule has 30 heavy (non-hydrogen) atoms. The number of hydrogen-bond donors (Lipinski definition) is 3. The highest BCUT2D eigenvalue weighted by Gasteiger charge is 2.51. The van der Waals surface area contributed by atoms with Crippen LogP contribution in [0.3, 0.4) is 0 Å². The number of halogens is 5. The largest absolute Gasteiger partial charge is 0.306 e. The first-order valence-electron chi connectivity index (χ1n) is 9.22. The standard InChI is InChI=1S/C20H23F4N3OS.ClH/c1-3-29(25,28)27-19-17(26-11-20(19,23)24)10-13-5-4-6-16(18(13)22)14-7-12(2)8-15(21)9-14;/h4-9,17,19,26H,3,10-11H2,1-2H3,(H2,25,27,28);1H/t17-,19+,29?;/m0./s1. The Balaban J connectivity index is 0.00000320. The quantitative estimate of drug-likeness (QED) is 0.552. The van der Waals surface area contributed by atoms with Crippen molar-refractivity contribution >= 4 is 22.3 Å². The summed E-state index contributed by atoms with van der Waals surface area (Å²) in [5.41, 5.74) is 1.36. The molecule has 0 saturated carbocycles. The number of alkyl halides is 2. The predicted molar refractivity (Wildman–Crippen MR) is 113 cm³/mol. The maximum Gasteiger partial charge on any atom is 0.277 e. The average molecular weight is 466 g/mol. The summed E-state index contributed by atoms with van der Waals surface area (Å²) >= 11 is 0. The monoisotopic (exact) mass is 465 g/mol. The van der Waals surface area contributed by atoms with E-state index >= 15 is 4.39 Å². The van der Waals surface area contributed by atoms with Crippen LogP contribution < -0.4 is 10.0 Å². The van der Waals surface area contributed by atoms with Crippen LogP contribution in [-0.4, -0.2) is 34.5 Å². The van der Waals surface area contributed by atoms with Gasteiger partial charge >= 0.3 is 0 Å². The van der Waals surface area contributed by atoms with Crippen molar-refractivity contribution in [3.8, 4) is 11.1 Å². The van der Waals surface area contributed by atoms with Crippen LogP contribution in [0.4, 0.5) is 17.6 Å². The molecule has 0 aromatic heterocycles. The van der Waals surface area contributed by atoms with Crippen LogP contribution in [0.15, 0.2) is 36.4 Å². The minimum atomic E-state index is -3.38. The van der Waals surface area contributed by atoms with Crippen LogP contribution in [0, 0.1) is 23.3 Å². The second kappa shape index (κ2) is 9.21. The normalized spacial score (nSPS) is 22.3. The Morgan fingerprint density at radius 3 is 2.60 bits per heavy atom. The van der Waals surface area contributed by atoms with Crippen molar-refractivity contribution in [3.63, 3.8) is 0 Å². The Labute approximate surface area is 180 Å². The molecule has 0 amide bonds. The second-order valence-electron chi connectivity index (χ2n) is 7.31. The van der Waals surface area contributed by atoms with E-state index in [1.807, 2.05) is 0 Å². The van der Waals surface area contributed by atoms with E-state index < -0.39 is 46.1 Å². The molecule has 3 rings (SSSR count). The molecule has 0 bridgehead atoms. The molecule has 2 aromatic rings. The van der Waals surface area contributed by atoms with Crippen molar-refractivity contribution in [1.82, 2.24) is 10.0 Å². The van der Waals surface area contributed by atoms with Gasteiger partial charge in [0.2, 0.25) is 0 Å². The Bertz CT molecular complexity index is 997. The molecule has 2 aromatic carbocycles. The smallest absolute Gasteiger partial charge is 0.277 e. The highest BCUT2D eigenvalue weighted by atomic mass is 35.5. The number of rotatable bonds is 6. The Hall–Kier alpha value is -1.68. The highest BCUT2D eigenvalue weighted by molar-refractivity contribution is 7.90. The lowest BCUT2D eigenvalue weighted by Crippen LogP contribution is -2.51. The van der Waals surface area contributed by atoms with Gasteiger partial charge in [-0.1, -0.05) is 31.2 Å². The van der Waals surface area contributed by atoms with Crippen LogP contribution in [0.5, 0.6) is 0 Å². The zero-order chi connectivity index (χ0) is 21.4. The molecule has 1 unspecified atom stereocenters. The molecular weight excluding hydrogens is 442 g/mol. The van der Waals surface area contributed by atoms with Gasteiger partial charge in [-0.2, -0.15) is 0 Å². The molecule has 1 fully saturated rings. The van der Waals surface area contributed by atoms with Crippen LogP contribution >= 0.6 is 12.4 Å². The maximum absolute atomic E-state index is 15.1. The fraction of sp³-hybridized carbons (Fsp3) is 0.400. The van der Waals surface area contributed by atoms with E-state index in [-0.39, 0.29) is 35.7 Å². The predicted octanol–water partition coefficient (Wildman–Crippen LogP) is 4.45. The summed E-state index contributed by atoms with van der Waals surface area (Å²) in [5.74, 6) is -4.45. The van der Waals surface area contributed by atoms with Crippen molar-refractivity contribution in [3.05, 3.63) is 59.2 Å². The molecule has 3 N–H and O–H groups in total. The van der Waals surface area contributed by atoms with E-state index in [2.05, 4.69) is 10.0 Å². The van der Waals surface area contributed by atoms with Gasteiger partial charge in [0.25, 0.3) is 5.92 Å². The maximum atomic E-state index is 15.1. The lowest BCUT2D eigenvalue weighted by atomic mass is 9.95. The summed E-state index contributed by atoms with van der Waals surface area (Å²) in [5, 5.41) is 2.65. The van der Waals surface area contributed by atoms with Crippen LogP contribution in [0.1, 0.15) is 18.1 Å². The molecule has 1 saturated heterocycles. The van der Waals surface area contributed by atoms with Gasteiger partial charge in [-0.05, 0) is 42.2 Å². The zero-order valence-corrected chi connectivity index (χ0v) is 18.1. The fourth-order valence-corrected chi connectivity index (χ4v) is 4.44. The lowest BCUT2D eigenvalue weighted by Gasteiger charge is -2.25. The number of benzene rings is 2. The molecule has 1 heterocycles. The van der Waals surface area contributed by atoms with Crippen molar-refractivity contribution < 1.29 is 21.8 Å². The number of nitrogens with one attached hydrogen (secondary N) is 3. The summed E-state index contributed by atoms with van der Waals surface area (Å²) in [6.07, 6.45) is -0.0968. The van der Waals surface area contributed by atoms with E-state index in [4.69, 9.17) is 4.78 Å². The molecule has 10 heteroatoms. The first-order chi connectivity index (χ1) is 13.5. The van der Waals surface area contributed by atoms with Gasteiger partial charge in [-0.25, -0.2) is 31.3 Å². The summed E-state index contributed by atoms with van der Waals surface area (Å²) in [6.45, 7) is 2.52. The summed E-state index contributed by atoms with van der Waals surface area (Å²) in [7, 11) is -3.38. The van der Waals surface area contributed by atoms with Gasteiger partial charge in [-0.15, -0.1) is 12.4 Å². The third kappa shape index (κ3) is 5.32. The number of hydrogen-bond acceptors (Lipinski definition) is 3. The molecule has 1 aliphatic heterocycles. The molecule has 166 valence electrons. The van der Waals surface area contributed by atoms with Gasteiger partial charge in [0.1, 0.15) is 27.6 Å². The van der Waals surface area contributed by atoms with Gasteiger partial charge < -0.3 is 5.32 Å². The third-order valence-corrected chi connectivity index (χ3v) is 6.50. The molecule has 0 radical (unpaired) electrons. The third-order valence-electron chi connectivity index (χ3n) is 5.05. The van der Waals surface area contributed by atoms with Gasteiger partial charge in [0.05, 0.1) is 6.54 Å². The first kappa shape index (κ1) is 24.6. The molecule has 3 atom stereocenters. The van der Waals surface area contributed by atoms with Gasteiger partial charge in [-0.3, -0.25) is 0 Å². The molecule has 0 aliphatic carbocycles. The minimum absolute atomic E-state index is 0. The zero-order valence-electron chi connectivity index (χ0n) is 16.5. The topological polar surface area (TPSA) is 65.0 Å². The van der Waals surface area contributed by atoms with E-state index in [0.29, 0.717) is 11.1 Å². The van der Waals surface area contributed by atoms with Gasteiger partial charge in [0.15, 0.2) is 0 Å². The average Bonchev–Trinajstić information content (AvgIpc) is 2.90. The van der Waals surface area contributed by atoms with Crippen LogP contribution in [0.2, 0.25) is 0 Å².